The van der Waals surface area contributed by atoms with E-state index in [9.17, 15) is 9.59 Å². The maximum atomic E-state index is 13.8. The van der Waals surface area contributed by atoms with Gasteiger partial charge in [0.05, 0.1) is 19.3 Å². The van der Waals surface area contributed by atoms with Gasteiger partial charge in [0.2, 0.25) is 5.91 Å². The van der Waals surface area contributed by atoms with Crippen LogP contribution < -0.4 is 10.1 Å². The zero-order valence-corrected chi connectivity index (χ0v) is 21.1. The molecule has 0 saturated carbocycles. The van der Waals surface area contributed by atoms with Crippen molar-refractivity contribution in [2.75, 3.05) is 13.7 Å². The van der Waals surface area contributed by atoms with Crippen LogP contribution in [0.5, 0.6) is 5.75 Å². The van der Waals surface area contributed by atoms with Crippen molar-refractivity contribution in [1.82, 2.24) is 20.0 Å². The van der Waals surface area contributed by atoms with Crippen LogP contribution in [0.2, 0.25) is 0 Å². The number of amides is 2. The molecule has 36 heavy (non-hydrogen) atoms. The monoisotopic (exact) mass is 500 g/mol. The van der Waals surface area contributed by atoms with E-state index in [4.69, 9.17) is 9.84 Å². The van der Waals surface area contributed by atoms with Crippen molar-refractivity contribution in [1.29, 1.82) is 0 Å². The van der Waals surface area contributed by atoms with E-state index < -0.39 is 5.54 Å². The number of hydrogen-bond acceptors (Lipinski definition) is 5. The number of aromatic nitrogens is 2. The third-order valence-electron chi connectivity index (χ3n) is 6.63. The Morgan fingerprint density at radius 2 is 1.89 bits per heavy atom. The number of hydrogen-bond donors (Lipinski definition) is 1. The van der Waals surface area contributed by atoms with E-state index in [1.165, 1.54) is 4.88 Å². The van der Waals surface area contributed by atoms with E-state index in [-0.39, 0.29) is 18.4 Å². The van der Waals surface area contributed by atoms with Crippen LogP contribution in [0.4, 0.5) is 0 Å². The molecule has 2 aromatic heterocycles. The van der Waals surface area contributed by atoms with Gasteiger partial charge < -0.3 is 15.0 Å². The maximum Gasteiger partial charge on any atom is 0.273 e. The lowest BCUT2D eigenvalue weighted by molar-refractivity contribution is -0.133. The third kappa shape index (κ3) is 4.64. The van der Waals surface area contributed by atoms with Gasteiger partial charge in [0.15, 0.2) is 0 Å². The summed E-state index contributed by atoms with van der Waals surface area (Å²) in [6.45, 7) is 2.94. The highest BCUT2D eigenvalue weighted by atomic mass is 32.1. The van der Waals surface area contributed by atoms with E-state index in [2.05, 4.69) is 11.4 Å². The first-order valence-electron chi connectivity index (χ1n) is 11.9. The summed E-state index contributed by atoms with van der Waals surface area (Å²) >= 11 is 1.65. The number of thiophene rings is 1. The molecule has 8 heteroatoms. The van der Waals surface area contributed by atoms with Crippen LogP contribution >= 0.6 is 11.3 Å². The zero-order chi connectivity index (χ0) is 25.1. The predicted octanol–water partition coefficient (Wildman–Crippen LogP) is 4.39. The Labute approximate surface area is 214 Å². The predicted molar refractivity (Wildman–Crippen MR) is 140 cm³/mol. The van der Waals surface area contributed by atoms with Crippen LogP contribution in [0, 0.1) is 0 Å². The first kappa shape index (κ1) is 23.8. The lowest BCUT2D eigenvalue weighted by atomic mass is 9.94. The second kappa shape index (κ2) is 9.99. The Kier molecular flexibility index (Phi) is 6.61. The van der Waals surface area contributed by atoms with E-state index in [0.29, 0.717) is 30.9 Å². The van der Waals surface area contributed by atoms with Gasteiger partial charge in [-0.3, -0.25) is 14.3 Å². The van der Waals surface area contributed by atoms with E-state index in [1.54, 1.807) is 28.0 Å². The summed E-state index contributed by atoms with van der Waals surface area (Å²) in [5.41, 5.74) is 1.97. The fraction of sp³-hybridized carbons (Fsp3) is 0.250. The Balaban J connectivity index is 1.45. The van der Waals surface area contributed by atoms with Crippen LogP contribution in [0.25, 0.3) is 11.3 Å². The van der Waals surface area contributed by atoms with Crippen LogP contribution in [0.3, 0.4) is 0 Å². The molecule has 0 aliphatic carbocycles. The van der Waals surface area contributed by atoms with Gasteiger partial charge in [-0.05, 0) is 60.7 Å². The summed E-state index contributed by atoms with van der Waals surface area (Å²) < 4.78 is 6.93. The molecule has 1 aliphatic heterocycles. The normalized spacial score (nSPS) is 17.1. The van der Waals surface area contributed by atoms with Gasteiger partial charge in [0, 0.05) is 23.5 Å². The Morgan fingerprint density at radius 3 is 2.58 bits per heavy atom. The molecule has 2 aromatic carbocycles. The smallest absolute Gasteiger partial charge is 0.273 e. The van der Waals surface area contributed by atoms with E-state index in [1.807, 2.05) is 79.0 Å². The quantitative estimate of drug-likeness (QED) is 0.389. The SMILES string of the molecule is COc1ccc(-c2cc3n(n2)CC(C)(C(=O)NCc2ccccc2)N(CCc2cccs2)C3=O)cc1. The third-order valence-corrected chi connectivity index (χ3v) is 7.57. The molecule has 0 saturated heterocycles. The minimum Gasteiger partial charge on any atom is -0.497 e. The van der Waals surface area contributed by atoms with Gasteiger partial charge in [-0.2, -0.15) is 5.10 Å². The number of methoxy groups -OCH3 is 1. The highest BCUT2D eigenvalue weighted by Gasteiger charge is 2.47. The van der Waals surface area contributed by atoms with Crippen molar-refractivity contribution in [2.24, 2.45) is 0 Å². The van der Waals surface area contributed by atoms with Crippen molar-refractivity contribution in [3.05, 3.63) is 94.3 Å². The number of benzene rings is 2. The van der Waals surface area contributed by atoms with Crippen LogP contribution in [-0.2, 0) is 24.3 Å². The molecule has 1 N–H and O–H groups in total. The molecule has 0 fully saturated rings. The molecule has 7 nitrogen and oxygen atoms in total. The summed E-state index contributed by atoms with van der Waals surface area (Å²) in [4.78, 5) is 30.3. The van der Waals surface area contributed by atoms with Gasteiger partial charge in [0.1, 0.15) is 17.0 Å². The molecule has 1 atom stereocenters. The molecular formula is C28H28N4O3S. The van der Waals surface area contributed by atoms with Crippen molar-refractivity contribution in [3.63, 3.8) is 0 Å². The maximum absolute atomic E-state index is 13.8. The number of rotatable bonds is 8. The van der Waals surface area contributed by atoms with Crippen LogP contribution in [0.1, 0.15) is 27.9 Å². The first-order chi connectivity index (χ1) is 17.5. The topological polar surface area (TPSA) is 76.5 Å². The van der Waals surface area contributed by atoms with Crippen LogP contribution in [-0.4, -0.2) is 45.7 Å². The summed E-state index contributed by atoms with van der Waals surface area (Å²) in [6, 6.07) is 23.2. The second-order valence-corrected chi connectivity index (χ2v) is 10.1. The minimum atomic E-state index is -1.08. The van der Waals surface area contributed by atoms with Crippen molar-refractivity contribution in [2.45, 2.75) is 32.0 Å². The van der Waals surface area contributed by atoms with Crippen molar-refractivity contribution < 1.29 is 14.3 Å². The summed E-state index contributed by atoms with van der Waals surface area (Å²) in [5, 5.41) is 9.79. The van der Waals surface area contributed by atoms with Crippen molar-refractivity contribution in [3.8, 4) is 17.0 Å². The van der Waals surface area contributed by atoms with Crippen molar-refractivity contribution >= 4 is 23.2 Å². The average molecular weight is 501 g/mol. The molecule has 0 radical (unpaired) electrons. The van der Waals surface area contributed by atoms with E-state index >= 15 is 0 Å². The van der Waals surface area contributed by atoms with Gasteiger partial charge >= 0.3 is 0 Å². The molecule has 3 heterocycles. The highest BCUT2D eigenvalue weighted by molar-refractivity contribution is 7.09. The van der Waals surface area contributed by atoms with Gasteiger partial charge in [0.25, 0.3) is 5.91 Å². The summed E-state index contributed by atoms with van der Waals surface area (Å²) in [7, 11) is 1.62. The molecular weight excluding hydrogens is 472 g/mol. The molecule has 0 spiro atoms. The average Bonchev–Trinajstić information content (AvgIpc) is 3.58. The highest BCUT2D eigenvalue weighted by Crippen LogP contribution is 2.31. The Bertz CT molecular complexity index is 1350. The first-order valence-corrected chi connectivity index (χ1v) is 12.7. The fourth-order valence-corrected chi connectivity index (χ4v) is 5.24. The van der Waals surface area contributed by atoms with Crippen LogP contribution in [0.15, 0.2) is 78.2 Å². The number of fused-ring (bicyclic) bond motifs is 1. The number of nitrogens with one attached hydrogen (secondary N) is 1. The molecule has 0 bridgehead atoms. The zero-order valence-electron chi connectivity index (χ0n) is 20.3. The van der Waals surface area contributed by atoms with Gasteiger partial charge in [-0.1, -0.05) is 36.4 Å². The number of ether oxygens (including phenoxy) is 1. The standard InChI is InChI=1S/C28H28N4O3S/c1-28(27(34)29-18-20-7-4-3-5-8-20)19-32-25(26(33)31(28)15-14-23-9-6-16-36-23)17-24(30-32)21-10-12-22(35-2)13-11-21/h3-13,16-17H,14-15,18-19H2,1-2H3,(H,29,34). The summed E-state index contributed by atoms with van der Waals surface area (Å²) in [6.07, 6.45) is 0.685. The molecule has 1 aliphatic rings. The molecule has 1 unspecified atom stereocenters. The second-order valence-electron chi connectivity index (χ2n) is 9.03. The van der Waals surface area contributed by atoms with Gasteiger partial charge in [-0.15, -0.1) is 11.3 Å². The Morgan fingerprint density at radius 1 is 1.11 bits per heavy atom. The number of carbonyl (C=O) groups excluding carboxylic acids is 2. The van der Waals surface area contributed by atoms with Gasteiger partial charge in [-0.25, -0.2) is 0 Å². The number of carbonyl (C=O) groups is 2. The Hall–Kier alpha value is -3.91. The lowest BCUT2D eigenvalue weighted by Crippen LogP contribution is -2.64. The lowest BCUT2D eigenvalue weighted by Gasteiger charge is -2.43. The molecule has 4 aromatic rings. The molecule has 5 rings (SSSR count). The van der Waals surface area contributed by atoms with E-state index in [0.717, 1.165) is 16.9 Å². The number of nitrogens with zero attached hydrogens (tertiary/aromatic N) is 3. The fourth-order valence-electron chi connectivity index (χ4n) is 4.54. The molecule has 184 valence electrons. The molecule has 2 amide bonds. The largest absolute Gasteiger partial charge is 0.497 e. The summed E-state index contributed by atoms with van der Waals surface area (Å²) in [5.74, 6) is 0.363. The minimum absolute atomic E-state index is 0.192.